The molecule has 0 aliphatic carbocycles. The van der Waals surface area contributed by atoms with E-state index in [9.17, 15) is 0 Å². The van der Waals surface area contributed by atoms with E-state index >= 15 is 0 Å². The molecular formula is C16H28N2O. The van der Waals surface area contributed by atoms with Gasteiger partial charge in [-0.25, -0.2) is 0 Å². The fraction of sp³-hybridized carbons (Fsp3) is 0.625. The molecule has 0 heterocycles. The zero-order valence-electron chi connectivity index (χ0n) is 12.9. The maximum Gasteiger partial charge on any atom is 0.0817 e. The van der Waals surface area contributed by atoms with Gasteiger partial charge in [0, 0.05) is 7.11 Å². The van der Waals surface area contributed by atoms with Crippen LogP contribution in [0, 0.1) is 0 Å². The molecule has 0 radical (unpaired) electrons. The van der Waals surface area contributed by atoms with Crippen LogP contribution in [0.15, 0.2) is 24.3 Å². The topological polar surface area (TPSA) is 47.3 Å². The van der Waals surface area contributed by atoms with E-state index in [1.807, 2.05) is 0 Å². The van der Waals surface area contributed by atoms with E-state index in [4.69, 9.17) is 10.6 Å². The van der Waals surface area contributed by atoms with Crippen LogP contribution in [0.1, 0.15) is 51.2 Å². The minimum Gasteiger partial charge on any atom is -0.377 e. The Kier molecular flexibility index (Phi) is 5.98. The molecule has 0 amide bonds. The molecule has 0 aliphatic rings. The molecule has 19 heavy (non-hydrogen) atoms. The Balaban J connectivity index is 2.81. The molecule has 3 nitrogen and oxygen atoms in total. The third kappa shape index (κ3) is 4.03. The Morgan fingerprint density at radius 3 is 2.21 bits per heavy atom. The first-order valence-corrected chi connectivity index (χ1v) is 7.07. The first kappa shape index (κ1) is 16.2. The monoisotopic (exact) mass is 264 g/mol. The Labute approximate surface area is 117 Å². The van der Waals surface area contributed by atoms with Gasteiger partial charge in [-0.3, -0.25) is 11.3 Å². The largest absolute Gasteiger partial charge is 0.377 e. The molecule has 2 unspecified atom stereocenters. The molecule has 0 saturated heterocycles. The molecule has 1 rings (SSSR count). The zero-order valence-corrected chi connectivity index (χ0v) is 12.9. The first-order chi connectivity index (χ1) is 8.96. The molecule has 0 aliphatic heterocycles. The van der Waals surface area contributed by atoms with Gasteiger partial charge in [0.1, 0.15) is 0 Å². The summed E-state index contributed by atoms with van der Waals surface area (Å²) in [6.45, 7) is 8.63. The SMILES string of the molecule is CCC(C)(OC)C(Cc1ccc(C(C)C)cc1)NN. The predicted molar refractivity (Wildman–Crippen MR) is 81.1 cm³/mol. The van der Waals surface area contributed by atoms with Crippen molar-refractivity contribution in [1.29, 1.82) is 0 Å². The highest BCUT2D eigenvalue weighted by Gasteiger charge is 2.31. The normalized spacial score (nSPS) is 16.4. The molecule has 0 bridgehead atoms. The molecule has 108 valence electrons. The summed E-state index contributed by atoms with van der Waals surface area (Å²) in [6, 6.07) is 8.87. The summed E-state index contributed by atoms with van der Waals surface area (Å²) in [5.74, 6) is 6.27. The van der Waals surface area contributed by atoms with Crippen molar-refractivity contribution in [1.82, 2.24) is 5.43 Å². The lowest BCUT2D eigenvalue weighted by Gasteiger charge is -2.35. The molecule has 0 saturated carbocycles. The molecule has 1 aromatic rings. The molecule has 0 spiro atoms. The molecule has 1 aromatic carbocycles. The van der Waals surface area contributed by atoms with E-state index in [0.29, 0.717) is 5.92 Å². The van der Waals surface area contributed by atoms with Gasteiger partial charge in [0.05, 0.1) is 11.6 Å². The van der Waals surface area contributed by atoms with Crippen molar-refractivity contribution < 1.29 is 4.74 Å². The van der Waals surface area contributed by atoms with E-state index < -0.39 is 0 Å². The van der Waals surface area contributed by atoms with Crippen LogP contribution in [0.4, 0.5) is 0 Å². The number of hydrogen-bond acceptors (Lipinski definition) is 3. The summed E-state index contributed by atoms with van der Waals surface area (Å²) in [6.07, 6.45) is 1.79. The van der Waals surface area contributed by atoms with Gasteiger partial charge in [0.25, 0.3) is 0 Å². The third-order valence-corrected chi connectivity index (χ3v) is 4.19. The quantitative estimate of drug-likeness (QED) is 0.588. The second-order valence-electron chi connectivity index (χ2n) is 5.69. The summed E-state index contributed by atoms with van der Waals surface area (Å²) < 4.78 is 5.63. The Morgan fingerprint density at radius 1 is 1.26 bits per heavy atom. The van der Waals surface area contributed by atoms with Gasteiger partial charge in [-0.05, 0) is 36.8 Å². The van der Waals surface area contributed by atoms with Crippen molar-refractivity contribution in [2.45, 2.75) is 58.1 Å². The van der Waals surface area contributed by atoms with Crippen LogP contribution in [-0.4, -0.2) is 18.8 Å². The lowest BCUT2D eigenvalue weighted by molar-refractivity contribution is -0.0288. The summed E-state index contributed by atoms with van der Waals surface area (Å²) in [5, 5.41) is 0. The van der Waals surface area contributed by atoms with Crippen LogP contribution in [-0.2, 0) is 11.2 Å². The van der Waals surface area contributed by atoms with Crippen molar-refractivity contribution >= 4 is 0 Å². The number of benzene rings is 1. The Hall–Kier alpha value is -0.900. The number of rotatable bonds is 7. The number of nitrogens with two attached hydrogens (primary N) is 1. The van der Waals surface area contributed by atoms with E-state index in [1.54, 1.807) is 7.11 Å². The fourth-order valence-corrected chi connectivity index (χ4v) is 2.26. The number of hydrogen-bond donors (Lipinski definition) is 2. The Bertz CT molecular complexity index is 369. The van der Waals surface area contributed by atoms with Gasteiger partial charge in [0.15, 0.2) is 0 Å². The van der Waals surface area contributed by atoms with Crippen molar-refractivity contribution in [3.8, 4) is 0 Å². The van der Waals surface area contributed by atoms with E-state index in [1.165, 1.54) is 11.1 Å². The third-order valence-electron chi connectivity index (χ3n) is 4.19. The van der Waals surface area contributed by atoms with Crippen molar-refractivity contribution in [3.63, 3.8) is 0 Å². The summed E-state index contributed by atoms with van der Waals surface area (Å²) in [4.78, 5) is 0. The maximum atomic E-state index is 5.71. The first-order valence-electron chi connectivity index (χ1n) is 7.07. The van der Waals surface area contributed by atoms with Gasteiger partial charge >= 0.3 is 0 Å². The predicted octanol–water partition coefficient (Wildman–Crippen LogP) is 3.00. The zero-order chi connectivity index (χ0) is 14.5. The minimum absolute atomic E-state index is 0.104. The van der Waals surface area contributed by atoms with Gasteiger partial charge in [-0.1, -0.05) is 45.0 Å². The average Bonchev–Trinajstić information content (AvgIpc) is 2.44. The van der Waals surface area contributed by atoms with E-state index in [2.05, 4.69) is 57.4 Å². The second-order valence-corrected chi connectivity index (χ2v) is 5.69. The van der Waals surface area contributed by atoms with Crippen LogP contribution < -0.4 is 11.3 Å². The summed E-state index contributed by atoms with van der Waals surface area (Å²) in [5.41, 5.74) is 5.31. The molecule has 0 aromatic heterocycles. The van der Waals surface area contributed by atoms with Gasteiger partial charge in [-0.15, -0.1) is 0 Å². The average molecular weight is 264 g/mol. The summed E-state index contributed by atoms with van der Waals surface area (Å²) in [7, 11) is 1.75. The smallest absolute Gasteiger partial charge is 0.0817 e. The van der Waals surface area contributed by atoms with Crippen LogP contribution in [0.3, 0.4) is 0 Å². The fourth-order valence-electron chi connectivity index (χ4n) is 2.26. The lowest BCUT2D eigenvalue weighted by atomic mass is 9.88. The maximum absolute atomic E-state index is 5.71. The molecule has 3 N–H and O–H groups in total. The van der Waals surface area contributed by atoms with Crippen LogP contribution in [0.2, 0.25) is 0 Å². The number of methoxy groups -OCH3 is 1. The second kappa shape index (κ2) is 7.04. The summed E-state index contributed by atoms with van der Waals surface area (Å²) >= 11 is 0. The van der Waals surface area contributed by atoms with Gasteiger partial charge in [-0.2, -0.15) is 0 Å². The van der Waals surface area contributed by atoms with Crippen molar-refractivity contribution in [3.05, 3.63) is 35.4 Å². The highest BCUT2D eigenvalue weighted by molar-refractivity contribution is 5.25. The molecule has 3 heteroatoms. The number of ether oxygens (including phenoxy) is 1. The minimum atomic E-state index is -0.245. The van der Waals surface area contributed by atoms with Crippen molar-refractivity contribution in [2.75, 3.05) is 7.11 Å². The number of hydrazine groups is 1. The number of nitrogens with one attached hydrogen (secondary N) is 1. The van der Waals surface area contributed by atoms with Gasteiger partial charge in [0.2, 0.25) is 0 Å². The highest BCUT2D eigenvalue weighted by atomic mass is 16.5. The van der Waals surface area contributed by atoms with E-state index in [0.717, 1.165) is 12.8 Å². The molecule has 2 atom stereocenters. The standard InChI is InChI=1S/C16H28N2O/c1-6-16(4,19-5)15(18-17)11-13-7-9-14(10-8-13)12(2)3/h7-10,12,15,18H,6,11,17H2,1-5H3. The van der Waals surface area contributed by atoms with Crippen LogP contribution in [0.5, 0.6) is 0 Å². The van der Waals surface area contributed by atoms with Crippen LogP contribution >= 0.6 is 0 Å². The van der Waals surface area contributed by atoms with Gasteiger partial charge < -0.3 is 4.74 Å². The lowest BCUT2D eigenvalue weighted by Crippen LogP contribution is -2.53. The molecular weight excluding hydrogens is 236 g/mol. The highest BCUT2D eigenvalue weighted by Crippen LogP contribution is 2.23. The van der Waals surface area contributed by atoms with Crippen LogP contribution in [0.25, 0.3) is 0 Å². The van der Waals surface area contributed by atoms with Crippen molar-refractivity contribution in [2.24, 2.45) is 5.84 Å². The Morgan fingerprint density at radius 2 is 1.84 bits per heavy atom. The molecule has 0 fully saturated rings. The van der Waals surface area contributed by atoms with E-state index in [-0.39, 0.29) is 11.6 Å².